The van der Waals surface area contributed by atoms with Gasteiger partial charge in [-0.3, -0.25) is 0 Å². The fourth-order valence-corrected chi connectivity index (χ4v) is 0.0791. The first-order chi connectivity index (χ1) is 3.12. The van der Waals surface area contributed by atoms with E-state index in [9.17, 15) is 0 Å². The largest absolute Gasteiger partial charge is 0.363 e. The predicted molar refractivity (Wildman–Crippen MR) is 26.7 cm³/mol. The van der Waals surface area contributed by atoms with E-state index in [-0.39, 0.29) is 6.42 Å². The molecule has 0 amide bonds. The molecule has 1 atom stereocenters. The lowest BCUT2D eigenvalue weighted by molar-refractivity contribution is 0.183. The van der Waals surface area contributed by atoms with Gasteiger partial charge in [0.05, 0.1) is 0 Å². The summed E-state index contributed by atoms with van der Waals surface area (Å²) >= 11 is 5.10. The molecule has 3 heteroatoms. The molecule has 0 aliphatic rings. The zero-order chi connectivity index (χ0) is 5.91. The average Bonchev–Trinajstić information content (AvgIpc) is 1.68. The Hall–Kier alpha value is -0.260. The third-order valence-corrected chi connectivity index (χ3v) is 0.992. The van der Waals surface area contributed by atoms with Crippen molar-refractivity contribution < 1.29 is 5.11 Å². The number of halogens is 1. The normalized spacial score (nSPS) is 17.4. The highest BCUT2D eigenvalue weighted by molar-refractivity contribution is 6.24. The molecule has 0 saturated carbocycles. The monoisotopic (exact) mass is 119 g/mol. The van der Waals surface area contributed by atoms with Crippen LogP contribution < -0.4 is 0 Å². The summed E-state index contributed by atoms with van der Waals surface area (Å²) in [7, 11) is 0. The molecule has 40 valence electrons. The van der Waals surface area contributed by atoms with E-state index in [1.807, 2.05) is 0 Å². The van der Waals surface area contributed by atoms with E-state index in [2.05, 4.69) is 0 Å². The highest BCUT2D eigenvalue weighted by atomic mass is 35.5. The third-order valence-electron chi connectivity index (χ3n) is 0.640. The van der Waals surface area contributed by atoms with Gasteiger partial charge >= 0.3 is 0 Å². The number of hydrogen-bond acceptors (Lipinski definition) is 2. The number of nitrogens with zero attached hydrogens (tertiary/aromatic N) is 1. The van der Waals surface area contributed by atoms with Gasteiger partial charge in [0.25, 0.3) is 0 Å². The molecule has 1 N–H and O–H groups in total. The van der Waals surface area contributed by atoms with Crippen LogP contribution in [0, 0.1) is 11.3 Å². The fourth-order valence-electron chi connectivity index (χ4n) is 0.0791. The van der Waals surface area contributed by atoms with Gasteiger partial charge < -0.3 is 5.11 Å². The first-order valence-electron chi connectivity index (χ1n) is 1.95. The van der Waals surface area contributed by atoms with Crippen LogP contribution in [0.4, 0.5) is 0 Å². The lowest BCUT2D eigenvalue weighted by atomic mass is 10.3. The van der Waals surface area contributed by atoms with E-state index >= 15 is 0 Å². The molecule has 0 saturated heterocycles. The summed E-state index contributed by atoms with van der Waals surface area (Å²) in [6, 6.07) is 1.51. The Morgan fingerprint density at radius 3 is 2.43 bits per heavy atom. The van der Waals surface area contributed by atoms with Crippen molar-refractivity contribution in [3.8, 4) is 6.07 Å². The molecule has 0 rings (SSSR count). The van der Waals surface area contributed by atoms with Crippen LogP contribution in [0.3, 0.4) is 0 Å². The molecule has 0 aromatic carbocycles. The summed E-state index contributed by atoms with van der Waals surface area (Å²) in [5.41, 5.74) is 0. The van der Waals surface area contributed by atoms with Crippen molar-refractivity contribution in [1.82, 2.24) is 0 Å². The van der Waals surface area contributed by atoms with Gasteiger partial charge in [-0.25, -0.2) is 0 Å². The first kappa shape index (κ1) is 6.74. The molecule has 7 heavy (non-hydrogen) atoms. The van der Waals surface area contributed by atoms with Gasteiger partial charge in [-0.2, -0.15) is 5.26 Å². The molecule has 0 aliphatic heterocycles. The van der Waals surface area contributed by atoms with Gasteiger partial charge in [-0.05, 0) is 0 Å². The van der Waals surface area contributed by atoms with Crippen molar-refractivity contribution in [1.29, 1.82) is 5.26 Å². The number of alkyl halides is 1. The molecular formula is C4H6ClNO. The maximum absolute atomic E-state index is 8.54. The second-order valence-corrected chi connectivity index (χ2v) is 1.85. The minimum Gasteiger partial charge on any atom is -0.363 e. The third kappa shape index (κ3) is 2.44. The van der Waals surface area contributed by atoms with E-state index in [0.29, 0.717) is 0 Å². The fraction of sp³-hybridized carbons (Fsp3) is 0.750. The van der Waals surface area contributed by atoms with E-state index in [4.69, 9.17) is 22.0 Å². The lowest BCUT2D eigenvalue weighted by Crippen LogP contribution is -2.14. The van der Waals surface area contributed by atoms with Gasteiger partial charge in [-0.1, -0.05) is 18.5 Å². The summed E-state index contributed by atoms with van der Waals surface area (Å²) in [5.74, 6) is 0. The molecule has 0 aromatic rings. The van der Waals surface area contributed by atoms with Crippen molar-refractivity contribution in [2.75, 3.05) is 0 Å². The smallest absolute Gasteiger partial charge is 0.226 e. The van der Waals surface area contributed by atoms with Gasteiger partial charge in [0.2, 0.25) is 5.06 Å². The van der Waals surface area contributed by atoms with Crippen molar-refractivity contribution in [3.63, 3.8) is 0 Å². The molecule has 2 nitrogen and oxygen atoms in total. The van der Waals surface area contributed by atoms with Crippen LogP contribution in [0.2, 0.25) is 0 Å². The topological polar surface area (TPSA) is 44.0 Å². The highest BCUT2D eigenvalue weighted by Gasteiger charge is 2.17. The van der Waals surface area contributed by atoms with E-state index in [1.54, 1.807) is 6.92 Å². The molecular weight excluding hydrogens is 114 g/mol. The zero-order valence-corrected chi connectivity index (χ0v) is 4.74. The average molecular weight is 120 g/mol. The Morgan fingerprint density at radius 2 is 2.43 bits per heavy atom. The molecule has 0 bridgehead atoms. The lowest BCUT2D eigenvalue weighted by Gasteiger charge is -2.04. The van der Waals surface area contributed by atoms with Crippen LogP contribution in [0.15, 0.2) is 0 Å². The summed E-state index contributed by atoms with van der Waals surface area (Å²) in [6.07, 6.45) is 0.255. The highest BCUT2D eigenvalue weighted by Crippen LogP contribution is 2.11. The molecule has 0 spiro atoms. The molecule has 0 fully saturated rings. The van der Waals surface area contributed by atoms with Crippen LogP contribution in [-0.4, -0.2) is 10.2 Å². The van der Waals surface area contributed by atoms with Crippen LogP contribution >= 0.6 is 11.6 Å². The van der Waals surface area contributed by atoms with Crippen molar-refractivity contribution >= 4 is 11.6 Å². The zero-order valence-electron chi connectivity index (χ0n) is 3.98. The van der Waals surface area contributed by atoms with E-state index in [1.165, 1.54) is 6.07 Å². The number of rotatable bonds is 1. The quantitative estimate of drug-likeness (QED) is 0.411. The number of hydrogen-bond donors (Lipinski definition) is 1. The second-order valence-electron chi connectivity index (χ2n) is 1.22. The standard InChI is InChI=1S/C4H6ClNO/c1-2-4(5,7)3-6/h7H,2H2,1H3. The molecule has 1 unspecified atom stereocenters. The van der Waals surface area contributed by atoms with Crippen LogP contribution in [-0.2, 0) is 0 Å². The van der Waals surface area contributed by atoms with Crippen molar-refractivity contribution in [2.45, 2.75) is 18.4 Å². The number of aliphatic hydroxyl groups is 1. The molecule has 0 aliphatic carbocycles. The maximum Gasteiger partial charge on any atom is 0.226 e. The van der Waals surface area contributed by atoms with E-state index in [0.717, 1.165) is 0 Å². The molecule has 0 heterocycles. The van der Waals surface area contributed by atoms with E-state index < -0.39 is 5.06 Å². The summed E-state index contributed by atoms with van der Waals surface area (Å²) < 4.78 is 0. The Labute approximate surface area is 47.3 Å². The summed E-state index contributed by atoms with van der Waals surface area (Å²) in [5, 5.41) is 14.9. The Balaban J connectivity index is 3.66. The van der Waals surface area contributed by atoms with Gasteiger partial charge in [0.1, 0.15) is 6.07 Å². The molecule has 0 radical (unpaired) electrons. The van der Waals surface area contributed by atoms with Gasteiger partial charge in [-0.15, -0.1) is 0 Å². The van der Waals surface area contributed by atoms with Crippen molar-refractivity contribution in [3.05, 3.63) is 0 Å². The summed E-state index contributed by atoms with van der Waals surface area (Å²) in [4.78, 5) is 0. The van der Waals surface area contributed by atoms with Gasteiger partial charge in [0, 0.05) is 6.42 Å². The first-order valence-corrected chi connectivity index (χ1v) is 2.32. The second kappa shape index (κ2) is 2.15. The van der Waals surface area contributed by atoms with Crippen LogP contribution in [0.1, 0.15) is 13.3 Å². The Morgan fingerprint density at radius 1 is 2.00 bits per heavy atom. The molecule has 0 aromatic heterocycles. The van der Waals surface area contributed by atoms with Crippen LogP contribution in [0.25, 0.3) is 0 Å². The Kier molecular flexibility index (Phi) is 2.07. The Bertz CT molecular complexity index is 94.4. The predicted octanol–water partition coefficient (Wildman–Crippen LogP) is 0.847. The minimum absolute atomic E-state index is 0.255. The number of nitriles is 1. The van der Waals surface area contributed by atoms with Crippen LogP contribution in [0.5, 0.6) is 0 Å². The SMILES string of the molecule is CCC(O)(Cl)C#N. The maximum atomic E-state index is 8.54. The van der Waals surface area contributed by atoms with Gasteiger partial charge in [0.15, 0.2) is 0 Å². The van der Waals surface area contributed by atoms with Crippen molar-refractivity contribution in [2.24, 2.45) is 0 Å². The summed E-state index contributed by atoms with van der Waals surface area (Å²) in [6.45, 7) is 1.64. The minimum atomic E-state index is -1.64.